The first-order valence-electron chi connectivity index (χ1n) is 7.53. The summed E-state index contributed by atoms with van der Waals surface area (Å²) in [4.78, 5) is 37.4. The third-order valence-electron chi connectivity index (χ3n) is 4.20. The first kappa shape index (κ1) is 15.3. The van der Waals surface area contributed by atoms with Crippen LogP contribution in [0, 0.1) is 6.92 Å². The SMILES string of the molecule is CCOc1cc2c(cc1C)C(=O)N(CC1(C)NC(=O)NC1=O)C2. The Morgan fingerprint density at radius 1 is 1.30 bits per heavy atom. The number of fused-ring (bicyclic) bond motifs is 1. The van der Waals surface area contributed by atoms with E-state index in [9.17, 15) is 14.4 Å². The monoisotopic (exact) mass is 317 g/mol. The summed E-state index contributed by atoms with van der Waals surface area (Å²) < 4.78 is 5.57. The van der Waals surface area contributed by atoms with Crippen LogP contribution < -0.4 is 15.4 Å². The molecule has 2 aliphatic rings. The van der Waals surface area contributed by atoms with Crippen LogP contribution in [-0.4, -0.2) is 41.4 Å². The van der Waals surface area contributed by atoms with Crippen LogP contribution in [0.3, 0.4) is 0 Å². The molecule has 0 aliphatic carbocycles. The van der Waals surface area contributed by atoms with E-state index < -0.39 is 17.5 Å². The normalized spacial score (nSPS) is 22.9. The fraction of sp³-hybridized carbons (Fsp3) is 0.438. The highest BCUT2D eigenvalue weighted by Crippen LogP contribution is 2.31. The molecule has 1 saturated heterocycles. The number of hydrogen-bond acceptors (Lipinski definition) is 4. The zero-order valence-corrected chi connectivity index (χ0v) is 13.4. The van der Waals surface area contributed by atoms with E-state index in [-0.39, 0.29) is 12.5 Å². The number of carbonyl (C=O) groups excluding carboxylic acids is 3. The molecule has 1 aromatic rings. The van der Waals surface area contributed by atoms with Crippen LogP contribution >= 0.6 is 0 Å². The lowest BCUT2D eigenvalue weighted by Crippen LogP contribution is -2.52. The maximum absolute atomic E-state index is 12.6. The van der Waals surface area contributed by atoms with Crippen molar-refractivity contribution in [3.8, 4) is 5.75 Å². The average Bonchev–Trinajstić information content (AvgIpc) is 2.89. The Bertz CT molecular complexity index is 716. The van der Waals surface area contributed by atoms with E-state index in [1.165, 1.54) is 0 Å². The van der Waals surface area contributed by atoms with E-state index in [1.807, 2.05) is 26.0 Å². The minimum Gasteiger partial charge on any atom is -0.494 e. The number of hydrogen-bond donors (Lipinski definition) is 2. The van der Waals surface area contributed by atoms with E-state index in [1.54, 1.807) is 11.8 Å². The van der Waals surface area contributed by atoms with Crippen molar-refractivity contribution in [1.29, 1.82) is 0 Å². The fourth-order valence-corrected chi connectivity index (χ4v) is 3.02. The lowest BCUT2D eigenvalue weighted by atomic mass is 10.0. The van der Waals surface area contributed by atoms with Crippen LogP contribution in [0.2, 0.25) is 0 Å². The van der Waals surface area contributed by atoms with E-state index in [4.69, 9.17) is 4.74 Å². The van der Waals surface area contributed by atoms with Crippen molar-refractivity contribution in [3.05, 3.63) is 28.8 Å². The standard InChI is InChI=1S/C16H19N3O4/c1-4-23-12-6-10-7-19(13(20)11(10)5-9(12)2)8-16(3)14(21)17-15(22)18-16/h5-6H,4,7-8H2,1-3H3,(H2,17,18,21,22). The summed E-state index contributed by atoms with van der Waals surface area (Å²) in [7, 11) is 0. The fourth-order valence-electron chi connectivity index (χ4n) is 3.02. The van der Waals surface area contributed by atoms with Crippen molar-refractivity contribution >= 4 is 17.8 Å². The molecule has 23 heavy (non-hydrogen) atoms. The molecule has 0 spiro atoms. The highest BCUT2D eigenvalue weighted by atomic mass is 16.5. The highest BCUT2D eigenvalue weighted by Gasteiger charge is 2.45. The van der Waals surface area contributed by atoms with Crippen LogP contribution in [0.4, 0.5) is 4.79 Å². The van der Waals surface area contributed by atoms with Gasteiger partial charge in [0.05, 0.1) is 13.2 Å². The molecular formula is C16H19N3O4. The van der Waals surface area contributed by atoms with E-state index in [0.29, 0.717) is 18.7 Å². The maximum atomic E-state index is 12.6. The Morgan fingerprint density at radius 3 is 2.65 bits per heavy atom. The number of rotatable bonds is 4. The molecule has 0 saturated carbocycles. The van der Waals surface area contributed by atoms with E-state index in [0.717, 1.165) is 16.9 Å². The molecule has 0 aromatic heterocycles. The number of imide groups is 1. The second kappa shape index (κ2) is 5.26. The minimum atomic E-state index is -1.10. The number of nitrogens with one attached hydrogen (secondary N) is 2. The summed E-state index contributed by atoms with van der Waals surface area (Å²) in [5.74, 6) is 0.206. The molecular weight excluding hydrogens is 298 g/mol. The van der Waals surface area contributed by atoms with Crippen LogP contribution in [0.5, 0.6) is 5.75 Å². The van der Waals surface area contributed by atoms with Crippen LogP contribution in [0.15, 0.2) is 12.1 Å². The van der Waals surface area contributed by atoms with Gasteiger partial charge in [-0.15, -0.1) is 0 Å². The first-order chi connectivity index (χ1) is 10.8. The molecule has 7 nitrogen and oxygen atoms in total. The summed E-state index contributed by atoms with van der Waals surface area (Å²) in [6.45, 7) is 6.50. The Kier molecular flexibility index (Phi) is 3.50. The van der Waals surface area contributed by atoms with Crippen LogP contribution in [0.1, 0.15) is 35.3 Å². The molecule has 2 N–H and O–H groups in total. The maximum Gasteiger partial charge on any atom is 0.322 e. The Hall–Kier alpha value is -2.57. The first-order valence-corrected chi connectivity index (χ1v) is 7.53. The topological polar surface area (TPSA) is 87.7 Å². The Morgan fingerprint density at radius 2 is 2.04 bits per heavy atom. The van der Waals surface area contributed by atoms with Gasteiger partial charge < -0.3 is 15.0 Å². The van der Waals surface area contributed by atoms with E-state index in [2.05, 4.69) is 10.6 Å². The quantitative estimate of drug-likeness (QED) is 0.809. The summed E-state index contributed by atoms with van der Waals surface area (Å²) in [6.07, 6.45) is 0. The molecule has 2 aliphatic heterocycles. The molecule has 122 valence electrons. The minimum absolute atomic E-state index is 0.126. The summed E-state index contributed by atoms with van der Waals surface area (Å²) in [5, 5.41) is 4.78. The van der Waals surface area contributed by atoms with Gasteiger partial charge in [-0.3, -0.25) is 14.9 Å². The molecule has 0 bridgehead atoms. The summed E-state index contributed by atoms with van der Waals surface area (Å²) in [5.41, 5.74) is 1.29. The molecule has 1 aromatic carbocycles. The second-order valence-electron chi connectivity index (χ2n) is 6.11. The van der Waals surface area contributed by atoms with Gasteiger partial charge in [0, 0.05) is 12.1 Å². The number of benzene rings is 1. The molecule has 4 amide bonds. The molecule has 3 rings (SSSR count). The van der Waals surface area contributed by atoms with Gasteiger partial charge in [-0.05, 0) is 44.0 Å². The summed E-state index contributed by atoms with van der Waals surface area (Å²) in [6, 6.07) is 3.16. The lowest BCUT2D eigenvalue weighted by Gasteiger charge is -2.26. The Labute approximate surface area is 134 Å². The van der Waals surface area contributed by atoms with Gasteiger partial charge in [-0.1, -0.05) is 0 Å². The molecule has 7 heteroatoms. The number of urea groups is 1. The van der Waals surface area contributed by atoms with Crippen LogP contribution in [0.25, 0.3) is 0 Å². The largest absolute Gasteiger partial charge is 0.494 e. The lowest BCUT2D eigenvalue weighted by molar-refractivity contribution is -0.123. The van der Waals surface area contributed by atoms with Gasteiger partial charge in [0.2, 0.25) is 0 Å². The molecule has 1 unspecified atom stereocenters. The van der Waals surface area contributed by atoms with Crippen molar-refractivity contribution in [2.24, 2.45) is 0 Å². The zero-order valence-electron chi connectivity index (χ0n) is 13.4. The smallest absolute Gasteiger partial charge is 0.322 e. The van der Waals surface area contributed by atoms with Gasteiger partial charge in [-0.2, -0.15) is 0 Å². The predicted molar refractivity (Wildman–Crippen MR) is 82.2 cm³/mol. The van der Waals surface area contributed by atoms with Crippen molar-refractivity contribution in [3.63, 3.8) is 0 Å². The van der Waals surface area contributed by atoms with Gasteiger partial charge in [0.1, 0.15) is 11.3 Å². The number of aryl methyl sites for hydroxylation is 1. The molecule has 1 atom stereocenters. The van der Waals surface area contributed by atoms with Gasteiger partial charge in [0.15, 0.2) is 0 Å². The van der Waals surface area contributed by atoms with Gasteiger partial charge in [0.25, 0.3) is 11.8 Å². The number of amides is 4. The van der Waals surface area contributed by atoms with Crippen molar-refractivity contribution in [2.45, 2.75) is 32.9 Å². The average molecular weight is 317 g/mol. The van der Waals surface area contributed by atoms with Crippen molar-refractivity contribution in [1.82, 2.24) is 15.5 Å². The number of ether oxygens (including phenoxy) is 1. The Balaban J connectivity index is 1.84. The highest BCUT2D eigenvalue weighted by molar-refractivity contribution is 6.07. The third kappa shape index (κ3) is 2.52. The van der Waals surface area contributed by atoms with Crippen molar-refractivity contribution < 1.29 is 19.1 Å². The van der Waals surface area contributed by atoms with Gasteiger partial charge in [-0.25, -0.2) is 4.79 Å². The van der Waals surface area contributed by atoms with Crippen molar-refractivity contribution in [2.75, 3.05) is 13.2 Å². The van der Waals surface area contributed by atoms with Crippen LogP contribution in [-0.2, 0) is 11.3 Å². The number of carbonyl (C=O) groups is 3. The summed E-state index contributed by atoms with van der Waals surface area (Å²) >= 11 is 0. The molecule has 1 fully saturated rings. The van der Waals surface area contributed by atoms with Gasteiger partial charge >= 0.3 is 6.03 Å². The third-order valence-corrected chi connectivity index (χ3v) is 4.20. The zero-order chi connectivity index (χ0) is 16.8. The second-order valence-corrected chi connectivity index (χ2v) is 6.11. The predicted octanol–water partition coefficient (Wildman–Crippen LogP) is 0.948. The number of nitrogens with zero attached hydrogens (tertiary/aromatic N) is 1. The molecule has 0 radical (unpaired) electrons. The molecule has 2 heterocycles. The van der Waals surface area contributed by atoms with E-state index >= 15 is 0 Å².